The van der Waals surface area contributed by atoms with E-state index in [-0.39, 0.29) is 0 Å². The molecule has 0 bridgehead atoms. The molecule has 0 aliphatic carbocycles. The zero-order valence-corrected chi connectivity index (χ0v) is 7.01. The zero-order chi connectivity index (χ0) is 10.3. The minimum Gasteiger partial charge on any atom is -0.266 e. The predicted molar refractivity (Wildman–Crippen MR) is 38.1 cm³/mol. The van der Waals surface area contributed by atoms with E-state index in [0.29, 0.717) is 6.08 Å². The van der Waals surface area contributed by atoms with Gasteiger partial charge in [-0.25, -0.2) is 0 Å². The number of hydrogen-bond donors (Lipinski definition) is 0. The van der Waals surface area contributed by atoms with Gasteiger partial charge in [-0.3, -0.25) is 4.79 Å². The van der Waals surface area contributed by atoms with E-state index in [2.05, 4.69) is 10.2 Å². The topological polar surface area (TPSA) is 41.8 Å². The fraction of sp³-hybridized carbons (Fsp3) is 0.571. The standard InChI is InChI=1S/C7H7F3N2O/c1-6(2)4(7(8,9)10)3-5(13)11-12-6/h3H,1-2H3. The van der Waals surface area contributed by atoms with Gasteiger partial charge in [-0.15, -0.1) is 5.11 Å². The maximum absolute atomic E-state index is 12.3. The predicted octanol–water partition coefficient (Wildman–Crippen LogP) is 2.25. The molecular weight excluding hydrogens is 185 g/mol. The average molecular weight is 192 g/mol. The lowest BCUT2D eigenvalue weighted by atomic mass is 9.93. The molecule has 0 unspecified atom stereocenters. The van der Waals surface area contributed by atoms with Crippen LogP contribution in [0.5, 0.6) is 0 Å². The Bertz CT molecular complexity index is 301. The molecule has 1 aliphatic heterocycles. The van der Waals surface area contributed by atoms with Gasteiger partial charge in [-0.05, 0) is 13.8 Å². The Morgan fingerprint density at radius 2 is 1.92 bits per heavy atom. The highest BCUT2D eigenvalue weighted by Gasteiger charge is 2.45. The van der Waals surface area contributed by atoms with Crippen LogP contribution >= 0.6 is 0 Å². The van der Waals surface area contributed by atoms with Crippen molar-refractivity contribution >= 4 is 5.91 Å². The van der Waals surface area contributed by atoms with Crippen LogP contribution in [0.1, 0.15) is 13.8 Å². The van der Waals surface area contributed by atoms with E-state index in [1.807, 2.05) is 0 Å². The van der Waals surface area contributed by atoms with Crippen LogP contribution in [0.15, 0.2) is 21.9 Å². The van der Waals surface area contributed by atoms with E-state index in [1.165, 1.54) is 13.8 Å². The minimum atomic E-state index is -4.53. The largest absolute Gasteiger partial charge is 0.415 e. The van der Waals surface area contributed by atoms with E-state index in [1.54, 1.807) is 0 Å². The number of hydrogen-bond acceptors (Lipinski definition) is 2. The second-order valence-corrected chi connectivity index (χ2v) is 3.15. The van der Waals surface area contributed by atoms with Crippen molar-refractivity contribution in [3.05, 3.63) is 11.6 Å². The van der Waals surface area contributed by atoms with Crippen LogP contribution in [-0.4, -0.2) is 17.6 Å². The summed E-state index contributed by atoms with van der Waals surface area (Å²) in [5, 5.41) is 6.33. The summed E-state index contributed by atoms with van der Waals surface area (Å²) in [5.74, 6) is -0.966. The molecule has 0 radical (unpaired) electrons. The zero-order valence-electron chi connectivity index (χ0n) is 7.01. The van der Waals surface area contributed by atoms with Crippen molar-refractivity contribution in [2.24, 2.45) is 10.2 Å². The summed E-state index contributed by atoms with van der Waals surface area (Å²) >= 11 is 0. The van der Waals surface area contributed by atoms with E-state index >= 15 is 0 Å². The van der Waals surface area contributed by atoms with Gasteiger partial charge in [0.05, 0.1) is 5.57 Å². The van der Waals surface area contributed by atoms with Gasteiger partial charge in [0.25, 0.3) is 5.91 Å². The summed E-state index contributed by atoms with van der Waals surface area (Å²) in [4.78, 5) is 10.6. The minimum absolute atomic E-state index is 0.479. The Kier molecular flexibility index (Phi) is 2.01. The Morgan fingerprint density at radius 3 is 2.31 bits per heavy atom. The molecule has 1 aliphatic rings. The van der Waals surface area contributed by atoms with Crippen molar-refractivity contribution in [1.82, 2.24) is 0 Å². The molecule has 0 fully saturated rings. The molecule has 1 rings (SSSR count). The number of nitrogens with zero attached hydrogens (tertiary/aromatic N) is 2. The molecule has 1 heterocycles. The van der Waals surface area contributed by atoms with Gasteiger partial charge in [0.1, 0.15) is 5.54 Å². The van der Waals surface area contributed by atoms with E-state index in [9.17, 15) is 18.0 Å². The molecule has 0 aromatic carbocycles. The van der Waals surface area contributed by atoms with Crippen molar-refractivity contribution in [1.29, 1.82) is 0 Å². The van der Waals surface area contributed by atoms with Gasteiger partial charge in [0.15, 0.2) is 0 Å². The number of carbonyl (C=O) groups is 1. The lowest BCUT2D eigenvalue weighted by Gasteiger charge is -2.25. The molecule has 1 amide bonds. The van der Waals surface area contributed by atoms with Gasteiger partial charge >= 0.3 is 6.18 Å². The van der Waals surface area contributed by atoms with E-state index in [4.69, 9.17) is 0 Å². The number of azo groups is 1. The van der Waals surface area contributed by atoms with Crippen LogP contribution in [0.3, 0.4) is 0 Å². The van der Waals surface area contributed by atoms with Crippen molar-refractivity contribution in [3.63, 3.8) is 0 Å². The molecule has 0 aromatic heterocycles. The lowest BCUT2D eigenvalue weighted by Crippen LogP contribution is -2.33. The van der Waals surface area contributed by atoms with E-state index < -0.39 is 23.2 Å². The van der Waals surface area contributed by atoms with Gasteiger partial charge in [-0.2, -0.15) is 18.3 Å². The number of halogens is 3. The molecule has 0 aromatic rings. The van der Waals surface area contributed by atoms with E-state index in [0.717, 1.165) is 0 Å². The second kappa shape index (κ2) is 2.65. The van der Waals surface area contributed by atoms with Crippen molar-refractivity contribution in [2.75, 3.05) is 0 Å². The van der Waals surface area contributed by atoms with Gasteiger partial charge in [-0.1, -0.05) is 0 Å². The first-order valence-corrected chi connectivity index (χ1v) is 3.50. The molecule has 13 heavy (non-hydrogen) atoms. The Labute approximate surface area is 72.3 Å². The third-order valence-corrected chi connectivity index (χ3v) is 1.63. The highest BCUT2D eigenvalue weighted by molar-refractivity contribution is 5.90. The van der Waals surface area contributed by atoms with Crippen LogP contribution in [-0.2, 0) is 4.79 Å². The Hall–Kier alpha value is -1.20. The first kappa shape index (κ1) is 9.88. The fourth-order valence-corrected chi connectivity index (χ4v) is 0.986. The number of rotatable bonds is 0. The van der Waals surface area contributed by atoms with Gasteiger partial charge in [0.2, 0.25) is 0 Å². The molecule has 72 valence electrons. The first-order valence-electron chi connectivity index (χ1n) is 3.50. The van der Waals surface area contributed by atoms with Gasteiger partial charge < -0.3 is 0 Å². The molecular formula is C7H7F3N2O. The second-order valence-electron chi connectivity index (χ2n) is 3.15. The van der Waals surface area contributed by atoms with Crippen LogP contribution in [0, 0.1) is 0 Å². The molecule has 0 atom stereocenters. The number of amides is 1. The van der Waals surface area contributed by atoms with Crippen molar-refractivity contribution in [2.45, 2.75) is 25.6 Å². The fourth-order valence-electron chi connectivity index (χ4n) is 0.986. The van der Waals surface area contributed by atoms with Crippen LogP contribution in [0.2, 0.25) is 0 Å². The SMILES string of the molecule is CC1(C)N=NC(=O)C=C1C(F)(F)F. The smallest absolute Gasteiger partial charge is 0.266 e. The Balaban J connectivity index is 3.13. The molecule has 0 saturated carbocycles. The highest BCUT2D eigenvalue weighted by Crippen LogP contribution is 2.37. The third-order valence-electron chi connectivity index (χ3n) is 1.63. The first-order chi connectivity index (χ1) is 5.73. The highest BCUT2D eigenvalue weighted by atomic mass is 19.4. The summed E-state index contributed by atoms with van der Waals surface area (Å²) in [6.07, 6.45) is -4.05. The third kappa shape index (κ3) is 1.93. The number of carbonyl (C=O) groups excluding carboxylic acids is 1. The maximum Gasteiger partial charge on any atom is 0.415 e. The number of alkyl halides is 3. The normalized spacial score (nSPS) is 21.6. The van der Waals surface area contributed by atoms with Crippen LogP contribution < -0.4 is 0 Å². The summed E-state index contributed by atoms with van der Waals surface area (Å²) < 4.78 is 36.9. The molecule has 0 saturated heterocycles. The molecule has 6 heteroatoms. The average Bonchev–Trinajstić information content (AvgIpc) is 1.92. The lowest BCUT2D eigenvalue weighted by molar-refractivity contribution is -0.118. The monoisotopic (exact) mass is 192 g/mol. The molecule has 0 spiro atoms. The summed E-state index contributed by atoms with van der Waals surface area (Å²) in [5.41, 5.74) is -2.42. The Morgan fingerprint density at radius 1 is 1.38 bits per heavy atom. The summed E-state index contributed by atoms with van der Waals surface area (Å²) in [6.45, 7) is 2.50. The molecule has 3 nitrogen and oxygen atoms in total. The van der Waals surface area contributed by atoms with Gasteiger partial charge in [0, 0.05) is 6.08 Å². The summed E-state index contributed by atoms with van der Waals surface area (Å²) in [7, 11) is 0. The van der Waals surface area contributed by atoms with Crippen LogP contribution in [0.4, 0.5) is 13.2 Å². The van der Waals surface area contributed by atoms with Crippen LogP contribution in [0.25, 0.3) is 0 Å². The van der Waals surface area contributed by atoms with Crippen molar-refractivity contribution < 1.29 is 18.0 Å². The maximum atomic E-state index is 12.3. The van der Waals surface area contributed by atoms with Crippen molar-refractivity contribution in [3.8, 4) is 0 Å². The quantitative estimate of drug-likeness (QED) is 0.580. The molecule has 0 N–H and O–H groups in total. The summed E-state index contributed by atoms with van der Waals surface area (Å²) in [6, 6.07) is 0.